The van der Waals surface area contributed by atoms with Crippen LogP contribution >= 0.6 is 0 Å². The number of hydrogen-bond donors (Lipinski definition) is 1. The summed E-state index contributed by atoms with van der Waals surface area (Å²) in [6.07, 6.45) is 7.84. The fraction of sp³-hybridized carbons (Fsp3) is 0.733. The topological polar surface area (TPSA) is 53.4 Å². The largest absolute Gasteiger partial charge is 0.335 e. The van der Waals surface area contributed by atoms with Gasteiger partial charge in [-0.05, 0) is 32.7 Å². The van der Waals surface area contributed by atoms with Gasteiger partial charge in [0.2, 0.25) is 0 Å². The maximum atomic E-state index is 12.6. The molecular formula is C15H25N5O. The Bertz CT molecular complexity index is 474. The minimum Gasteiger partial charge on any atom is -0.335 e. The highest BCUT2D eigenvalue weighted by atomic mass is 16.2. The lowest BCUT2D eigenvalue weighted by molar-refractivity contribution is 0.133. The molecule has 1 aromatic heterocycles. The standard InChI is InChI=1S/C15H25N5O/c1-12(8-19-7-5-16-11-19)17-15(21)20-6-3-4-13-9-18(2)10-14(13)20/h5,7,11-14H,3-4,6,8-10H2,1-2H3,(H,17,21)/t12?,13-,14+/m0/s1. The van der Waals surface area contributed by atoms with Crippen molar-refractivity contribution in [3.8, 4) is 0 Å². The van der Waals surface area contributed by atoms with Crippen LogP contribution in [0.2, 0.25) is 0 Å². The SMILES string of the molecule is CC(Cn1ccnc1)NC(=O)N1CCC[C@H]2CN(C)C[C@H]21. The number of fused-ring (bicyclic) bond motifs is 1. The number of likely N-dealkylation sites (tertiary alicyclic amines) is 2. The number of piperidine rings is 1. The molecule has 3 heterocycles. The number of carbonyl (C=O) groups excluding carboxylic acids is 1. The van der Waals surface area contributed by atoms with E-state index < -0.39 is 0 Å². The van der Waals surface area contributed by atoms with E-state index in [1.165, 1.54) is 6.42 Å². The van der Waals surface area contributed by atoms with Gasteiger partial charge in [-0.25, -0.2) is 9.78 Å². The summed E-state index contributed by atoms with van der Waals surface area (Å²) < 4.78 is 1.99. The quantitative estimate of drug-likeness (QED) is 0.904. The van der Waals surface area contributed by atoms with E-state index in [4.69, 9.17) is 0 Å². The van der Waals surface area contributed by atoms with Crippen molar-refractivity contribution in [2.24, 2.45) is 5.92 Å². The molecule has 0 bridgehead atoms. The van der Waals surface area contributed by atoms with Crippen LogP contribution < -0.4 is 5.32 Å². The van der Waals surface area contributed by atoms with Crippen LogP contribution in [-0.4, -0.2) is 64.1 Å². The van der Waals surface area contributed by atoms with Gasteiger partial charge in [0, 0.05) is 44.6 Å². The number of likely N-dealkylation sites (N-methyl/N-ethyl adjacent to an activating group) is 1. The molecule has 1 N–H and O–H groups in total. The van der Waals surface area contributed by atoms with Crippen molar-refractivity contribution < 1.29 is 4.79 Å². The van der Waals surface area contributed by atoms with Gasteiger partial charge in [-0.2, -0.15) is 0 Å². The van der Waals surface area contributed by atoms with E-state index in [2.05, 4.69) is 27.1 Å². The first-order chi connectivity index (χ1) is 10.1. The fourth-order valence-electron chi connectivity index (χ4n) is 3.69. The highest BCUT2D eigenvalue weighted by molar-refractivity contribution is 5.75. The third-order valence-corrected chi connectivity index (χ3v) is 4.64. The number of nitrogens with one attached hydrogen (secondary N) is 1. The van der Waals surface area contributed by atoms with Crippen molar-refractivity contribution in [1.29, 1.82) is 0 Å². The summed E-state index contributed by atoms with van der Waals surface area (Å²) in [5, 5.41) is 3.14. The molecule has 3 rings (SSSR count). The van der Waals surface area contributed by atoms with Gasteiger partial charge >= 0.3 is 6.03 Å². The number of imidazole rings is 1. The molecule has 0 aromatic carbocycles. The summed E-state index contributed by atoms with van der Waals surface area (Å²) in [5.74, 6) is 0.651. The monoisotopic (exact) mass is 291 g/mol. The predicted molar refractivity (Wildman–Crippen MR) is 80.9 cm³/mol. The van der Waals surface area contributed by atoms with Crippen molar-refractivity contribution in [3.63, 3.8) is 0 Å². The maximum Gasteiger partial charge on any atom is 0.317 e. The van der Waals surface area contributed by atoms with E-state index >= 15 is 0 Å². The Morgan fingerprint density at radius 2 is 2.33 bits per heavy atom. The third kappa shape index (κ3) is 3.20. The number of urea groups is 1. The molecule has 2 aliphatic heterocycles. The molecule has 2 saturated heterocycles. The molecule has 1 aromatic rings. The first kappa shape index (κ1) is 14.4. The number of rotatable bonds is 3. The van der Waals surface area contributed by atoms with Crippen molar-refractivity contribution >= 4 is 6.03 Å². The normalized spacial score (nSPS) is 27.4. The van der Waals surface area contributed by atoms with Gasteiger partial charge in [-0.1, -0.05) is 0 Å². The Balaban J connectivity index is 1.57. The smallest absolute Gasteiger partial charge is 0.317 e. The molecule has 0 spiro atoms. The zero-order valence-electron chi connectivity index (χ0n) is 12.9. The molecule has 21 heavy (non-hydrogen) atoms. The molecule has 0 saturated carbocycles. The van der Waals surface area contributed by atoms with E-state index in [0.717, 1.165) is 32.6 Å². The number of amides is 2. The van der Waals surface area contributed by atoms with Crippen LogP contribution in [0.5, 0.6) is 0 Å². The molecule has 1 unspecified atom stereocenters. The van der Waals surface area contributed by atoms with Gasteiger partial charge in [0.05, 0.1) is 12.4 Å². The fourth-order valence-corrected chi connectivity index (χ4v) is 3.69. The molecule has 2 aliphatic rings. The summed E-state index contributed by atoms with van der Waals surface area (Å²) in [7, 11) is 2.15. The van der Waals surface area contributed by atoms with Crippen molar-refractivity contribution in [1.82, 2.24) is 24.7 Å². The van der Waals surface area contributed by atoms with Crippen LogP contribution in [0.4, 0.5) is 4.79 Å². The summed E-state index contributed by atoms with van der Waals surface area (Å²) in [4.78, 5) is 21.0. The van der Waals surface area contributed by atoms with Gasteiger partial charge in [-0.3, -0.25) is 0 Å². The minimum absolute atomic E-state index is 0.0904. The van der Waals surface area contributed by atoms with Crippen LogP contribution in [0.15, 0.2) is 18.7 Å². The number of aromatic nitrogens is 2. The lowest BCUT2D eigenvalue weighted by Gasteiger charge is -2.37. The highest BCUT2D eigenvalue weighted by Gasteiger charge is 2.39. The summed E-state index contributed by atoms with van der Waals surface area (Å²) >= 11 is 0. The second-order valence-electron chi connectivity index (χ2n) is 6.49. The van der Waals surface area contributed by atoms with Crippen LogP contribution in [0.25, 0.3) is 0 Å². The van der Waals surface area contributed by atoms with E-state index in [1.54, 1.807) is 12.5 Å². The number of nitrogens with zero attached hydrogens (tertiary/aromatic N) is 4. The molecule has 2 fully saturated rings. The number of hydrogen-bond acceptors (Lipinski definition) is 3. The molecule has 6 nitrogen and oxygen atoms in total. The van der Waals surface area contributed by atoms with E-state index in [1.807, 2.05) is 17.7 Å². The second-order valence-corrected chi connectivity index (χ2v) is 6.49. The number of carbonyl (C=O) groups is 1. The van der Waals surface area contributed by atoms with Gasteiger partial charge < -0.3 is 19.7 Å². The van der Waals surface area contributed by atoms with Crippen LogP contribution in [0.3, 0.4) is 0 Å². The maximum absolute atomic E-state index is 12.6. The van der Waals surface area contributed by atoms with Gasteiger partial charge in [0.15, 0.2) is 0 Å². The van der Waals surface area contributed by atoms with Crippen molar-refractivity contribution in [2.45, 2.75) is 38.4 Å². The Hall–Kier alpha value is -1.56. The molecule has 116 valence electrons. The lowest BCUT2D eigenvalue weighted by atomic mass is 9.92. The molecule has 0 radical (unpaired) electrons. The average molecular weight is 291 g/mol. The summed E-state index contributed by atoms with van der Waals surface area (Å²) in [6.45, 7) is 5.82. The van der Waals surface area contributed by atoms with Crippen molar-refractivity contribution in [3.05, 3.63) is 18.7 Å². The molecular weight excluding hydrogens is 266 g/mol. The first-order valence-electron chi connectivity index (χ1n) is 7.85. The van der Waals surface area contributed by atoms with Crippen LogP contribution in [-0.2, 0) is 6.54 Å². The Morgan fingerprint density at radius 1 is 1.48 bits per heavy atom. The van der Waals surface area contributed by atoms with Crippen LogP contribution in [0.1, 0.15) is 19.8 Å². The zero-order valence-corrected chi connectivity index (χ0v) is 12.9. The second kappa shape index (κ2) is 6.05. The molecule has 2 amide bonds. The van der Waals surface area contributed by atoms with E-state index in [-0.39, 0.29) is 12.1 Å². The van der Waals surface area contributed by atoms with Gasteiger partial charge in [0.25, 0.3) is 0 Å². The van der Waals surface area contributed by atoms with Crippen LogP contribution in [0, 0.1) is 5.92 Å². The first-order valence-corrected chi connectivity index (χ1v) is 7.85. The highest BCUT2D eigenvalue weighted by Crippen LogP contribution is 2.29. The third-order valence-electron chi connectivity index (χ3n) is 4.64. The Labute approximate surface area is 126 Å². The Kier molecular flexibility index (Phi) is 4.14. The Morgan fingerprint density at radius 3 is 3.10 bits per heavy atom. The van der Waals surface area contributed by atoms with E-state index in [9.17, 15) is 4.79 Å². The molecule has 6 heteroatoms. The molecule has 3 atom stereocenters. The van der Waals surface area contributed by atoms with Crippen molar-refractivity contribution in [2.75, 3.05) is 26.7 Å². The molecule has 0 aliphatic carbocycles. The van der Waals surface area contributed by atoms with Gasteiger partial charge in [0.1, 0.15) is 0 Å². The average Bonchev–Trinajstić information content (AvgIpc) is 3.05. The summed E-state index contributed by atoms with van der Waals surface area (Å²) in [6, 6.07) is 0.586. The lowest BCUT2D eigenvalue weighted by Crippen LogP contribution is -2.54. The predicted octanol–water partition coefficient (Wildman–Crippen LogP) is 1.01. The van der Waals surface area contributed by atoms with E-state index in [0.29, 0.717) is 12.0 Å². The summed E-state index contributed by atoms with van der Waals surface area (Å²) in [5.41, 5.74) is 0. The zero-order chi connectivity index (χ0) is 14.8. The minimum atomic E-state index is 0.0904. The van der Waals surface area contributed by atoms with Gasteiger partial charge in [-0.15, -0.1) is 0 Å².